The van der Waals surface area contributed by atoms with E-state index in [1.54, 1.807) is 6.07 Å². The predicted molar refractivity (Wildman–Crippen MR) is 46.7 cm³/mol. The topological polar surface area (TPSA) is 33.1 Å². The van der Waals surface area contributed by atoms with Crippen LogP contribution in [0.5, 0.6) is 0 Å². The fourth-order valence-corrected chi connectivity index (χ4v) is 1.46. The molecule has 1 heterocycles. The van der Waals surface area contributed by atoms with Crippen LogP contribution in [0.4, 0.5) is 4.39 Å². The van der Waals surface area contributed by atoms with Gasteiger partial charge in [-0.3, -0.25) is 4.98 Å². The number of halogens is 1. The van der Waals surface area contributed by atoms with Gasteiger partial charge in [-0.15, -0.1) is 0 Å². The largest absolute Gasteiger partial charge is 0.396 e. The number of hydrogen-bond acceptors (Lipinski definition) is 2. The van der Waals surface area contributed by atoms with Gasteiger partial charge >= 0.3 is 0 Å². The van der Waals surface area contributed by atoms with Crippen LogP contribution in [0.3, 0.4) is 0 Å². The van der Waals surface area contributed by atoms with Gasteiger partial charge in [-0.05, 0) is 36.8 Å². The second kappa shape index (κ2) is 3.07. The maximum absolute atomic E-state index is 12.5. The van der Waals surface area contributed by atoms with Crippen LogP contribution in [0.2, 0.25) is 0 Å². The van der Waals surface area contributed by atoms with Crippen LogP contribution in [0.25, 0.3) is 0 Å². The summed E-state index contributed by atoms with van der Waals surface area (Å²) in [5.74, 6) is -0.308. The lowest BCUT2D eigenvalue weighted by Gasteiger charge is -2.09. The van der Waals surface area contributed by atoms with Crippen LogP contribution < -0.4 is 0 Å². The van der Waals surface area contributed by atoms with Gasteiger partial charge in [0.25, 0.3) is 0 Å². The fraction of sp³-hybridized carbons (Fsp3) is 0.500. The van der Waals surface area contributed by atoms with Gasteiger partial charge < -0.3 is 5.11 Å². The zero-order chi connectivity index (χ0) is 9.31. The number of rotatable bonds is 3. The first kappa shape index (κ1) is 8.63. The van der Waals surface area contributed by atoms with Gasteiger partial charge in [-0.2, -0.15) is 0 Å². The van der Waals surface area contributed by atoms with Crippen LogP contribution in [0.15, 0.2) is 18.3 Å². The molecule has 0 aliphatic heterocycles. The molecule has 1 N–H and O–H groups in total. The lowest BCUT2D eigenvalue weighted by atomic mass is 10.0. The van der Waals surface area contributed by atoms with Crippen LogP contribution in [-0.2, 0) is 6.42 Å². The van der Waals surface area contributed by atoms with Gasteiger partial charge in [0, 0.05) is 12.3 Å². The number of aromatic nitrogens is 1. The van der Waals surface area contributed by atoms with Crippen molar-refractivity contribution in [2.45, 2.75) is 19.3 Å². The third kappa shape index (κ3) is 1.86. The van der Waals surface area contributed by atoms with E-state index in [9.17, 15) is 4.39 Å². The molecule has 1 fully saturated rings. The maximum Gasteiger partial charge on any atom is 0.141 e. The minimum Gasteiger partial charge on any atom is -0.396 e. The second-order valence-electron chi connectivity index (χ2n) is 3.80. The van der Waals surface area contributed by atoms with Crippen molar-refractivity contribution >= 4 is 0 Å². The third-order valence-corrected chi connectivity index (χ3v) is 2.64. The second-order valence-corrected chi connectivity index (χ2v) is 3.80. The van der Waals surface area contributed by atoms with E-state index in [-0.39, 0.29) is 17.8 Å². The van der Waals surface area contributed by atoms with Gasteiger partial charge in [0.2, 0.25) is 0 Å². The standard InChI is InChI=1S/C10H12FNO/c11-8-1-2-9(12-6-8)5-10(7-13)3-4-10/h1-2,6,13H,3-5,7H2. The summed E-state index contributed by atoms with van der Waals surface area (Å²) in [6, 6.07) is 3.10. The van der Waals surface area contributed by atoms with E-state index >= 15 is 0 Å². The van der Waals surface area contributed by atoms with E-state index in [4.69, 9.17) is 5.11 Å². The molecular formula is C10H12FNO. The van der Waals surface area contributed by atoms with Crippen molar-refractivity contribution in [3.63, 3.8) is 0 Å². The third-order valence-electron chi connectivity index (χ3n) is 2.64. The van der Waals surface area contributed by atoms with E-state index in [0.717, 1.165) is 25.0 Å². The van der Waals surface area contributed by atoms with Crippen molar-refractivity contribution in [2.75, 3.05) is 6.61 Å². The van der Waals surface area contributed by atoms with Crippen LogP contribution >= 0.6 is 0 Å². The monoisotopic (exact) mass is 181 g/mol. The Morgan fingerprint density at radius 2 is 2.23 bits per heavy atom. The highest BCUT2D eigenvalue weighted by molar-refractivity contribution is 5.10. The first-order chi connectivity index (χ1) is 6.24. The molecule has 1 aromatic rings. The van der Waals surface area contributed by atoms with Crippen molar-refractivity contribution in [3.05, 3.63) is 29.8 Å². The van der Waals surface area contributed by atoms with E-state index in [2.05, 4.69) is 4.98 Å². The molecule has 0 radical (unpaired) electrons. The van der Waals surface area contributed by atoms with Gasteiger partial charge in [-0.25, -0.2) is 4.39 Å². The number of aliphatic hydroxyl groups is 1. The summed E-state index contributed by atoms with van der Waals surface area (Å²) in [5, 5.41) is 9.07. The predicted octanol–water partition coefficient (Wildman–Crippen LogP) is 1.54. The van der Waals surface area contributed by atoms with Crippen molar-refractivity contribution in [1.29, 1.82) is 0 Å². The van der Waals surface area contributed by atoms with Crippen LogP contribution in [-0.4, -0.2) is 16.7 Å². The van der Waals surface area contributed by atoms with Gasteiger partial charge in [0.1, 0.15) is 5.82 Å². The molecule has 0 bridgehead atoms. The quantitative estimate of drug-likeness (QED) is 0.767. The Morgan fingerprint density at radius 1 is 1.46 bits per heavy atom. The molecular weight excluding hydrogens is 169 g/mol. The minimum atomic E-state index is -0.308. The Morgan fingerprint density at radius 3 is 2.69 bits per heavy atom. The molecule has 0 atom stereocenters. The molecule has 0 aromatic carbocycles. The molecule has 0 saturated heterocycles. The molecule has 2 nitrogen and oxygen atoms in total. The zero-order valence-electron chi connectivity index (χ0n) is 7.33. The average molecular weight is 181 g/mol. The Labute approximate surface area is 76.4 Å². The van der Waals surface area contributed by atoms with Gasteiger partial charge in [0.15, 0.2) is 0 Å². The first-order valence-electron chi connectivity index (χ1n) is 4.45. The summed E-state index contributed by atoms with van der Waals surface area (Å²) < 4.78 is 12.5. The van der Waals surface area contributed by atoms with Crippen molar-refractivity contribution in [3.8, 4) is 0 Å². The summed E-state index contributed by atoms with van der Waals surface area (Å²) in [6.07, 6.45) is 4.11. The SMILES string of the molecule is OCC1(Cc2ccc(F)cn2)CC1. The highest BCUT2D eigenvalue weighted by atomic mass is 19.1. The molecule has 1 aliphatic carbocycles. The van der Waals surface area contributed by atoms with E-state index < -0.39 is 0 Å². The van der Waals surface area contributed by atoms with Crippen LogP contribution in [0, 0.1) is 11.2 Å². The fourth-order valence-electron chi connectivity index (χ4n) is 1.46. The Hall–Kier alpha value is -0.960. The van der Waals surface area contributed by atoms with Gasteiger partial charge in [-0.1, -0.05) is 0 Å². The Bertz CT molecular complexity index is 292. The number of nitrogens with zero attached hydrogens (tertiary/aromatic N) is 1. The molecule has 1 saturated carbocycles. The first-order valence-corrected chi connectivity index (χ1v) is 4.45. The van der Waals surface area contributed by atoms with Gasteiger partial charge in [0.05, 0.1) is 6.20 Å². The number of aliphatic hydroxyl groups excluding tert-OH is 1. The average Bonchev–Trinajstić information content (AvgIpc) is 2.90. The summed E-state index contributed by atoms with van der Waals surface area (Å²) in [6.45, 7) is 0.214. The molecule has 13 heavy (non-hydrogen) atoms. The molecule has 0 amide bonds. The van der Waals surface area contributed by atoms with E-state index in [1.165, 1.54) is 12.3 Å². The Kier molecular flexibility index (Phi) is 2.04. The molecule has 0 unspecified atom stereocenters. The number of hydrogen-bond donors (Lipinski definition) is 1. The van der Waals surface area contributed by atoms with E-state index in [1.807, 2.05) is 0 Å². The molecule has 1 aromatic heterocycles. The van der Waals surface area contributed by atoms with Crippen molar-refractivity contribution in [2.24, 2.45) is 5.41 Å². The zero-order valence-corrected chi connectivity index (χ0v) is 7.33. The molecule has 1 aliphatic rings. The molecule has 0 spiro atoms. The Balaban J connectivity index is 2.06. The summed E-state index contributed by atoms with van der Waals surface area (Å²) >= 11 is 0. The van der Waals surface area contributed by atoms with Crippen LogP contribution in [0.1, 0.15) is 18.5 Å². The highest BCUT2D eigenvalue weighted by Crippen LogP contribution is 2.47. The highest BCUT2D eigenvalue weighted by Gasteiger charge is 2.42. The maximum atomic E-state index is 12.5. The van der Waals surface area contributed by atoms with E-state index in [0.29, 0.717) is 0 Å². The molecule has 2 rings (SSSR count). The molecule has 70 valence electrons. The summed E-state index contributed by atoms with van der Waals surface area (Å²) in [5.41, 5.74) is 0.929. The normalized spacial score (nSPS) is 18.6. The minimum absolute atomic E-state index is 0.0603. The number of pyridine rings is 1. The smallest absolute Gasteiger partial charge is 0.141 e. The molecule has 3 heteroatoms. The lowest BCUT2D eigenvalue weighted by molar-refractivity contribution is 0.210. The lowest BCUT2D eigenvalue weighted by Crippen LogP contribution is -2.11. The summed E-state index contributed by atoms with van der Waals surface area (Å²) in [4.78, 5) is 3.97. The van der Waals surface area contributed by atoms with Crippen molar-refractivity contribution < 1.29 is 9.50 Å². The van der Waals surface area contributed by atoms with Crippen molar-refractivity contribution in [1.82, 2.24) is 4.98 Å². The summed E-state index contributed by atoms with van der Waals surface area (Å²) in [7, 11) is 0.